The van der Waals surface area contributed by atoms with Crippen LogP contribution in [0.2, 0.25) is 0 Å². The van der Waals surface area contributed by atoms with Crippen molar-refractivity contribution in [2.24, 2.45) is 0 Å². The Bertz CT molecular complexity index is 1460. The van der Waals surface area contributed by atoms with E-state index in [9.17, 15) is 18.0 Å². The molecule has 0 aliphatic rings. The van der Waals surface area contributed by atoms with Crippen LogP contribution in [0, 0.1) is 13.8 Å². The molecule has 0 bridgehead atoms. The molecule has 0 aliphatic carbocycles. The maximum atomic E-state index is 14.0. The van der Waals surface area contributed by atoms with Crippen molar-refractivity contribution in [3.8, 4) is 5.75 Å². The molecule has 0 spiro atoms. The molecule has 214 valence electrons. The third-order valence-corrected chi connectivity index (χ3v) is 8.74. The summed E-state index contributed by atoms with van der Waals surface area (Å²) in [5.74, 6) is -0.351. The van der Waals surface area contributed by atoms with E-state index < -0.39 is 28.5 Å². The van der Waals surface area contributed by atoms with Crippen LogP contribution in [0.25, 0.3) is 0 Å². The third-order valence-electron chi connectivity index (χ3n) is 6.35. The zero-order chi connectivity index (χ0) is 29.6. The minimum atomic E-state index is -4.19. The molecule has 0 aliphatic heterocycles. The monoisotopic (exact) mass is 629 g/mol. The topological polar surface area (TPSA) is 96.0 Å². The van der Waals surface area contributed by atoms with E-state index in [4.69, 9.17) is 4.74 Å². The molecule has 0 saturated heterocycles. The van der Waals surface area contributed by atoms with Gasteiger partial charge in [-0.15, -0.1) is 0 Å². The fourth-order valence-corrected chi connectivity index (χ4v) is 6.30. The molecular weight excluding hydrogens is 594 g/mol. The van der Waals surface area contributed by atoms with E-state index >= 15 is 0 Å². The number of nitrogens with zero attached hydrogens (tertiary/aromatic N) is 2. The normalized spacial score (nSPS) is 12.1. The summed E-state index contributed by atoms with van der Waals surface area (Å²) in [4.78, 5) is 28.4. The SMILES string of the molecule is COc1ccc(S(=O)(=O)N(CC(=O)N(Cc2cccc(C)c2)C(C)C(=O)NC(C)C)c2ccc(C)cc2)cc1Br. The second-order valence-electron chi connectivity index (χ2n) is 9.99. The smallest absolute Gasteiger partial charge is 0.264 e. The molecule has 8 nitrogen and oxygen atoms in total. The number of amides is 2. The number of nitrogens with one attached hydrogen (secondary N) is 1. The van der Waals surface area contributed by atoms with E-state index in [0.29, 0.717) is 15.9 Å². The second-order valence-corrected chi connectivity index (χ2v) is 12.7. The van der Waals surface area contributed by atoms with Gasteiger partial charge in [-0.1, -0.05) is 47.5 Å². The Kier molecular flexibility index (Phi) is 10.4. The van der Waals surface area contributed by atoms with Crippen LogP contribution < -0.4 is 14.4 Å². The summed E-state index contributed by atoms with van der Waals surface area (Å²) in [6, 6.07) is 18.0. The number of methoxy groups -OCH3 is 1. The largest absolute Gasteiger partial charge is 0.496 e. The molecule has 1 atom stereocenters. The van der Waals surface area contributed by atoms with Crippen molar-refractivity contribution in [3.63, 3.8) is 0 Å². The summed E-state index contributed by atoms with van der Waals surface area (Å²) in [5, 5.41) is 2.86. The van der Waals surface area contributed by atoms with Crippen LogP contribution in [0.3, 0.4) is 0 Å². The molecule has 10 heteroatoms. The lowest BCUT2D eigenvalue weighted by atomic mass is 10.1. The molecule has 2 amide bonds. The van der Waals surface area contributed by atoms with Crippen LogP contribution in [0.4, 0.5) is 5.69 Å². The molecule has 3 aromatic carbocycles. The summed E-state index contributed by atoms with van der Waals surface area (Å²) in [7, 11) is -2.70. The van der Waals surface area contributed by atoms with Gasteiger partial charge in [0.1, 0.15) is 18.3 Å². The molecule has 3 aromatic rings. The fourth-order valence-electron chi connectivity index (χ4n) is 4.17. The Hall–Kier alpha value is -3.37. The number of halogens is 1. The van der Waals surface area contributed by atoms with Crippen LogP contribution >= 0.6 is 15.9 Å². The lowest BCUT2D eigenvalue weighted by Gasteiger charge is -2.32. The van der Waals surface area contributed by atoms with Crippen molar-refractivity contribution in [1.29, 1.82) is 0 Å². The molecular formula is C30H36BrN3O5S. The second kappa shape index (κ2) is 13.3. The van der Waals surface area contributed by atoms with Crippen molar-refractivity contribution in [2.45, 2.75) is 58.1 Å². The van der Waals surface area contributed by atoms with Crippen LogP contribution in [0.1, 0.15) is 37.5 Å². The first kappa shape index (κ1) is 31.2. The quantitative estimate of drug-likeness (QED) is 0.314. The van der Waals surface area contributed by atoms with E-state index in [2.05, 4.69) is 21.2 Å². The van der Waals surface area contributed by atoms with Gasteiger partial charge in [0, 0.05) is 12.6 Å². The molecule has 3 rings (SSSR count). The van der Waals surface area contributed by atoms with E-state index in [1.807, 2.05) is 52.0 Å². The van der Waals surface area contributed by atoms with Crippen LogP contribution in [-0.2, 0) is 26.2 Å². The van der Waals surface area contributed by atoms with Crippen LogP contribution in [0.5, 0.6) is 5.75 Å². The van der Waals surface area contributed by atoms with Crippen molar-refractivity contribution < 1.29 is 22.7 Å². The zero-order valence-electron chi connectivity index (χ0n) is 23.6. The Morgan fingerprint density at radius 1 is 0.950 bits per heavy atom. The maximum Gasteiger partial charge on any atom is 0.264 e. The summed E-state index contributed by atoms with van der Waals surface area (Å²) < 4.78 is 34.8. The van der Waals surface area contributed by atoms with Gasteiger partial charge in [-0.25, -0.2) is 8.42 Å². The average molecular weight is 631 g/mol. The summed E-state index contributed by atoms with van der Waals surface area (Å²) >= 11 is 3.36. The Morgan fingerprint density at radius 2 is 1.62 bits per heavy atom. The summed E-state index contributed by atoms with van der Waals surface area (Å²) in [5.41, 5.74) is 3.12. The highest BCUT2D eigenvalue weighted by Gasteiger charge is 2.33. The molecule has 1 N–H and O–H groups in total. The number of carbonyl (C=O) groups is 2. The minimum absolute atomic E-state index is 0.00983. The van der Waals surface area contributed by atoms with Gasteiger partial charge in [0.15, 0.2) is 0 Å². The molecule has 0 aromatic heterocycles. The lowest BCUT2D eigenvalue weighted by Crippen LogP contribution is -2.52. The predicted octanol–water partition coefficient (Wildman–Crippen LogP) is 5.21. The van der Waals surface area contributed by atoms with Gasteiger partial charge in [-0.05, 0) is 86.4 Å². The van der Waals surface area contributed by atoms with Gasteiger partial charge in [-0.3, -0.25) is 13.9 Å². The number of carbonyl (C=O) groups excluding carboxylic acids is 2. The first-order valence-electron chi connectivity index (χ1n) is 12.9. The highest BCUT2D eigenvalue weighted by atomic mass is 79.9. The Balaban J connectivity index is 2.05. The number of rotatable bonds is 11. The van der Waals surface area contributed by atoms with Gasteiger partial charge in [-0.2, -0.15) is 0 Å². The van der Waals surface area contributed by atoms with E-state index in [0.717, 1.165) is 21.0 Å². The molecule has 0 saturated carbocycles. The average Bonchev–Trinajstić information content (AvgIpc) is 2.90. The number of hydrogen-bond acceptors (Lipinski definition) is 5. The molecule has 1 unspecified atom stereocenters. The highest BCUT2D eigenvalue weighted by Crippen LogP contribution is 2.31. The predicted molar refractivity (Wildman–Crippen MR) is 161 cm³/mol. The van der Waals surface area contributed by atoms with E-state index in [1.54, 1.807) is 37.3 Å². The van der Waals surface area contributed by atoms with Gasteiger partial charge in [0.25, 0.3) is 10.0 Å². The molecule has 0 radical (unpaired) electrons. The number of aryl methyl sites for hydroxylation is 2. The first-order chi connectivity index (χ1) is 18.8. The number of sulfonamides is 1. The maximum absolute atomic E-state index is 14.0. The van der Waals surface area contributed by atoms with Crippen molar-refractivity contribution in [2.75, 3.05) is 18.0 Å². The van der Waals surface area contributed by atoms with Gasteiger partial charge in [0.05, 0.1) is 22.2 Å². The Morgan fingerprint density at radius 3 is 2.20 bits per heavy atom. The molecule has 40 heavy (non-hydrogen) atoms. The summed E-state index contributed by atoms with van der Waals surface area (Å²) in [6.07, 6.45) is 0. The highest BCUT2D eigenvalue weighted by molar-refractivity contribution is 9.10. The van der Waals surface area contributed by atoms with Crippen molar-refractivity contribution >= 4 is 43.5 Å². The van der Waals surface area contributed by atoms with Crippen molar-refractivity contribution in [1.82, 2.24) is 10.2 Å². The van der Waals surface area contributed by atoms with E-state index in [-0.39, 0.29) is 23.4 Å². The van der Waals surface area contributed by atoms with Gasteiger partial charge >= 0.3 is 0 Å². The van der Waals surface area contributed by atoms with Gasteiger partial charge in [0.2, 0.25) is 11.8 Å². The fraction of sp³-hybridized carbons (Fsp3) is 0.333. The van der Waals surface area contributed by atoms with Gasteiger partial charge < -0.3 is 15.0 Å². The molecule has 0 heterocycles. The summed E-state index contributed by atoms with van der Waals surface area (Å²) in [6.45, 7) is 8.82. The zero-order valence-corrected chi connectivity index (χ0v) is 26.0. The number of anilines is 1. The van der Waals surface area contributed by atoms with Crippen LogP contribution in [-0.4, -0.2) is 50.9 Å². The van der Waals surface area contributed by atoms with Crippen LogP contribution in [0.15, 0.2) is 76.1 Å². The Labute approximate surface area is 245 Å². The number of benzene rings is 3. The number of ether oxygens (including phenoxy) is 1. The third kappa shape index (κ3) is 7.63. The molecule has 0 fully saturated rings. The first-order valence-corrected chi connectivity index (χ1v) is 15.1. The van der Waals surface area contributed by atoms with E-state index in [1.165, 1.54) is 24.1 Å². The number of hydrogen-bond donors (Lipinski definition) is 1. The lowest BCUT2D eigenvalue weighted by molar-refractivity contribution is -0.139. The minimum Gasteiger partial charge on any atom is -0.496 e. The van der Waals surface area contributed by atoms with Crippen molar-refractivity contribution in [3.05, 3.63) is 87.9 Å². The standard InChI is InChI=1S/C30H36BrN3O5S/c1-20(2)32-30(36)23(5)33(18-24-9-7-8-22(4)16-24)29(35)19-34(25-12-10-21(3)11-13-25)40(37,38)26-14-15-28(39-6)27(31)17-26/h7-17,20,23H,18-19H2,1-6H3,(H,32,36).